The van der Waals surface area contributed by atoms with Crippen molar-refractivity contribution >= 4 is 23.3 Å². The lowest BCUT2D eigenvalue weighted by atomic mass is 9.93. The van der Waals surface area contributed by atoms with Gasteiger partial charge in [-0.05, 0) is 30.9 Å². The van der Waals surface area contributed by atoms with Gasteiger partial charge in [0.25, 0.3) is 5.69 Å². The zero-order chi connectivity index (χ0) is 17.0. The minimum atomic E-state index is -1.20. The van der Waals surface area contributed by atoms with Crippen molar-refractivity contribution in [2.45, 2.75) is 19.3 Å². The number of hydrogen-bond acceptors (Lipinski definition) is 6. The molecule has 1 aliphatic rings. The maximum Gasteiger partial charge on any atom is 0.335 e. The smallest absolute Gasteiger partial charge is 0.335 e. The van der Waals surface area contributed by atoms with Crippen LogP contribution in [0.5, 0.6) is 0 Å². The number of benzene rings is 1. The second-order valence-electron chi connectivity index (χ2n) is 5.48. The third-order valence-corrected chi connectivity index (χ3v) is 4.06. The quantitative estimate of drug-likeness (QED) is 0.502. The molecule has 0 unspecified atom stereocenters. The topological polar surface area (TPSA) is 110 Å². The molecule has 1 aliphatic heterocycles. The molecule has 0 spiro atoms. The standard InChI is InChI=1S/C15H18N2O6/c1-23-14(18)8-10-4-6-16(7-5-10)12-3-2-11(15(19)20)9-13(12)17(21)22/h2-3,9-10H,4-8H2,1H3,(H,19,20). The lowest BCUT2D eigenvalue weighted by Gasteiger charge is -2.32. The molecule has 0 atom stereocenters. The van der Waals surface area contributed by atoms with Crippen molar-refractivity contribution in [3.05, 3.63) is 33.9 Å². The largest absolute Gasteiger partial charge is 0.478 e. The Morgan fingerprint density at radius 2 is 2.04 bits per heavy atom. The van der Waals surface area contributed by atoms with Crippen LogP contribution in [0.25, 0.3) is 0 Å². The number of carboxylic acids is 1. The molecule has 0 aliphatic carbocycles. The molecular weight excluding hydrogens is 304 g/mol. The summed E-state index contributed by atoms with van der Waals surface area (Å²) in [6.45, 7) is 1.16. The first-order chi connectivity index (χ1) is 10.9. The summed E-state index contributed by atoms with van der Waals surface area (Å²) in [6.07, 6.45) is 1.81. The molecule has 124 valence electrons. The molecule has 1 heterocycles. The van der Waals surface area contributed by atoms with E-state index in [-0.39, 0.29) is 23.1 Å². The molecule has 8 heteroatoms. The van der Waals surface area contributed by atoms with Crippen LogP contribution >= 0.6 is 0 Å². The SMILES string of the molecule is COC(=O)CC1CCN(c2ccc(C(=O)O)cc2[N+](=O)[O-])CC1. The Labute approximate surface area is 132 Å². The van der Waals surface area contributed by atoms with Gasteiger partial charge >= 0.3 is 11.9 Å². The van der Waals surface area contributed by atoms with Crippen molar-refractivity contribution in [3.8, 4) is 0 Å². The molecule has 0 radical (unpaired) electrons. The fraction of sp³-hybridized carbons (Fsp3) is 0.467. The Morgan fingerprint density at radius 1 is 1.39 bits per heavy atom. The molecule has 0 saturated carbocycles. The van der Waals surface area contributed by atoms with Crippen LogP contribution < -0.4 is 4.90 Å². The fourth-order valence-corrected chi connectivity index (χ4v) is 2.77. The van der Waals surface area contributed by atoms with Crippen molar-refractivity contribution in [2.75, 3.05) is 25.1 Å². The average Bonchev–Trinajstić information content (AvgIpc) is 2.54. The zero-order valence-electron chi connectivity index (χ0n) is 12.7. The monoisotopic (exact) mass is 322 g/mol. The number of carbonyl (C=O) groups is 2. The second kappa shape index (κ2) is 7.08. The maximum atomic E-state index is 11.3. The van der Waals surface area contributed by atoms with Gasteiger partial charge in [0.15, 0.2) is 0 Å². The van der Waals surface area contributed by atoms with E-state index < -0.39 is 10.9 Å². The van der Waals surface area contributed by atoms with Gasteiger partial charge in [-0.25, -0.2) is 4.79 Å². The van der Waals surface area contributed by atoms with Crippen molar-refractivity contribution in [2.24, 2.45) is 5.92 Å². The van der Waals surface area contributed by atoms with Crippen LogP contribution in [0.2, 0.25) is 0 Å². The third kappa shape index (κ3) is 3.97. The van der Waals surface area contributed by atoms with Crippen molar-refractivity contribution in [1.29, 1.82) is 0 Å². The number of aromatic carboxylic acids is 1. The predicted molar refractivity (Wildman–Crippen MR) is 81.6 cm³/mol. The highest BCUT2D eigenvalue weighted by Gasteiger charge is 2.27. The Bertz CT molecular complexity index is 622. The number of nitro groups is 1. The summed E-state index contributed by atoms with van der Waals surface area (Å²) in [6, 6.07) is 3.92. The van der Waals surface area contributed by atoms with Gasteiger partial charge < -0.3 is 14.7 Å². The highest BCUT2D eigenvalue weighted by molar-refractivity contribution is 5.89. The van der Waals surface area contributed by atoms with Gasteiger partial charge in [-0.3, -0.25) is 14.9 Å². The fourth-order valence-electron chi connectivity index (χ4n) is 2.77. The van der Waals surface area contributed by atoms with Crippen LogP contribution in [0.15, 0.2) is 18.2 Å². The van der Waals surface area contributed by atoms with E-state index in [1.54, 1.807) is 0 Å². The van der Waals surface area contributed by atoms with Crippen LogP contribution in [0.4, 0.5) is 11.4 Å². The van der Waals surface area contributed by atoms with E-state index in [1.807, 2.05) is 4.90 Å². The van der Waals surface area contributed by atoms with Gasteiger partial charge in [-0.1, -0.05) is 0 Å². The van der Waals surface area contributed by atoms with Crippen LogP contribution in [0.1, 0.15) is 29.6 Å². The molecule has 0 aromatic heterocycles. The normalized spacial score (nSPS) is 15.3. The summed E-state index contributed by atoms with van der Waals surface area (Å²) in [5, 5.41) is 20.2. The molecule has 1 aromatic rings. The molecule has 1 saturated heterocycles. The number of carbonyl (C=O) groups excluding carboxylic acids is 1. The third-order valence-electron chi connectivity index (χ3n) is 4.06. The number of ether oxygens (including phenoxy) is 1. The van der Waals surface area contributed by atoms with E-state index in [0.717, 1.165) is 18.9 Å². The molecule has 0 amide bonds. The van der Waals surface area contributed by atoms with Crippen molar-refractivity contribution in [1.82, 2.24) is 0 Å². The Hall–Kier alpha value is -2.64. The van der Waals surface area contributed by atoms with E-state index >= 15 is 0 Å². The van der Waals surface area contributed by atoms with Crippen molar-refractivity contribution < 1.29 is 24.4 Å². The summed E-state index contributed by atoms with van der Waals surface area (Å²) < 4.78 is 4.65. The highest BCUT2D eigenvalue weighted by Crippen LogP contribution is 2.33. The lowest BCUT2D eigenvalue weighted by Crippen LogP contribution is -2.34. The summed E-state index contributed by atoms with van der Waals surface area (Å²) in [4.78, 5) is 34.8. The molecular formula is C15H18N2O6. The summed E-state index contributed by atoms with van der Waals surface area (Å²) in [7, 11) is 1.35. The van der Waals surface area contributed by atoms with Crippen molar-refractivity contribution in [3.63, 3.8) is 0 Å². The van der Waals surface area contributed by atoms with E-state index in [4.69, 9.17) is 5.11 Å². The predicted octanol–water partition coefficient (Wildman–Crippen LogP) is 2.07. The van der Waals surface area contributed by atoms with Gasteiger partial charge in [-0.15, -0.1) is 0 Å². The molecule has 8 nitrogen and oxygen atoms in total. The average molecular weight is 322 g/mol. The van der Waals surface area contributed by atoms with Crippen LogP contribution in [-0.4, -0.2) is 42.2 Å². The number of nitro benzene ring substituents is 1. The number of nitrogens with zero attached hydrogens (tertiary/aromatic N) is 2. The molecule has 2 rings (SSSR count). The molecule has 1 fully saturated rings. The minimum absolute atomic E-state index is 0.110. The lowest BCUT2D eigenvalue weighted by molar-refractivity contribution is -0.384. The number of esters is 1. The first-order valence-corrected chi connectivity index (χ1v) is 7.26. The Balaban J connectivity index is 2.12. The number of carboxylic acid groups (broad SMARTS) is 1. The Morgan fingerprint density at radius 3 is 2.57 bits per heavy atom. The molecule has 23 heavy (non-hydrogen) atoms. The second-order valence-corrected chi connectivity index (χ2v) is 5.48. The molecule has 0 bridgehead atoms. The summed E-state index contributed by atoms with van der Waals surface area (Å²) >= 11 is 0. The van der Waals surface area contributed by atoms with Gasteiger partial charge in [0.2, 0.25) is 0 Å². The van der Waals surface area contributed by atoms with Gasteiger partial charge in [0.05, 0.1) is 17.6 Å². The molecule has 1 aromatic carbocycles. The van der Waals surface area contributed by atoms with Crippen LogP contribution in [-0.2, 0) is 9.53 Å². The van der Waals surface area contributed by atoms with Gasteiger partial charge in [0.1, 0.15) is 5.69 Å². The number of piperidine rings is 1. The first kappa shape index (κ1) is 16.7. The van der Waals surface area contributed by atoms with E-state index in [9.17, 15) is 19.7 Å². The maximum absolute atomic E-state index is 11.3. The first-order valence-electron chi connectivity index (χ1n) is 7.26. The zero-order valence-corrected chi connectivity index (χ0v) is 12.7. The Kier molecular flexibility index (Phi) is 5.15. The number of rotatable bonds is 5. The summed E-state index contributed by atoms with van der Waals surface area (Å²) in [5.41, 5.74) is 0.0915. The van der Waals surface area contributed by atoms with Gasteiger partial charge in [-0.2, -0.15) is 0 Å². The number of methoxy groups -OCH3 is 1. The van der Waals surface area contributed by atoms with Crippen LogP contribution in [0, 0.1) is 16.0 Å². The number of anilines is 1. The van der Waals surface area contributed by atoms with Crippen LogP contribution in [0.3, 0.4) is 0 Å². The van der Waals surface area contributed by atoms with E-state index in [1.165, 1.54) is 19.2 Å². The summed E-state index contributed by atoms with van der Waals surface area (Å²) in [5.74, 6) is -1.24. The van der Waals surface area contributed by atoms with E-state index in [2.05, 4.69) is 4.74 Å². The molecule has 1 N–H and O–H groups in total. The highest BCUT2D eigenvalue weighted by atomic mass is 16.6. The number of hydrogen-bond donors (Lipinski definition) is 1. The van der Waals surface area contributed by atoms with Gasteiger partial charge in [0, 0.05) is 25.6 Å². The minimum Gasteiger partial charge on any atom is -0.478 e. The van der Waals surface area contributed by atoms with E-state index in [0.29, 0.717) is 25.2 Å².